The lowest BCUT2D eigenvalue weighted by Crippen LogP contribution is -2.36. The van der Waals surface area contributed by atoms with Gasteiger partial charge in [-0.3, -0.25) is 4.79 Å². The molecule has 0 aliphatic carbocycles. The highest BCUT2D eigenvalue weighted by Gasteiger charge is 2.33. The van der Waals surface area contributed by atoms with Crippen LogP contribution >= 0.6 is 11.6 Å². The van der Waals surface area contributed by atoms with Crippen LogP contribution in [-0.4, -0.2) is 27.3 Å². The number of nitrogens with zero attached hydrogens (tertiary/aromatic N) is 3. The molecule has 2 aromatic rings. The van der Waals surface area contributed by atoms with Crippen molar-refractivity contribution in [3.05, 3.63) is 58.1 Å². The third-order valence-corrected chi connectivity index (χ3v) is 4.51. The summed E-state index contributed by atoms with van der Waals surface area (Å²) in [4.78, 5) is 22.2. The minimum absolute atomic E-state index is 0.0991. The van der Waals surface area contributed by atoms with Crippen LogP contribution in [0, 0.1) is 0 Å². The molecule has 0 bridgehead atoms. The third-order valence-electron chi connectivity index (χ3n) is 4.18. The first-order chi connectivity index (χ1) is 11.8. The first-order valence-corrected chi connectivity index (χ1v) is 8.13. The maximum atomic E-state index is 12.9. The number of hydrogen-bond donors (Lipinski definition) is 0. The van der Waals surface area contributed by atoms with E-state index in [1.54, 1.807) is 11.1 Å². The molecule has 1 aromatic heterocycles. The minimum Gasteiger partial charge on any atom is -0.338 e. The summed E-state index contributed by atoms with van der Waals surface area (Å²) in [5, 5.41) is -0.338. The Kier molecular flexibility index (Phi) is 4.94. The van der Waals surface area contributed by atoms with Crippen LogP contribution in [0.25, 0.3) is 0 Å². The second kappa shape index (κ2) is 7.00. The molecule has 25 heavy (non-hydrogen) atoms. The number of halogens is 4. The van der Waals surface area contributed by atoms with E-state index < -0.39 is 11.7 Å². The van der Waals surface area contributed by atoms with Crippen LogP contribution in [0.3, 0.4) is 0 Å². The number of rotatable bonds is 3. The number of aromatic nitrogens is 2. The zero-order valence-corrected chi connectivity index (χ0v) is 13.9. The molecule has 1 amide bonds. The molecule has 132 valence electrons. The summed E-state index contributed by atoms with van der Waals surface area (Å²) in [5.74, 6) is -0.0991. The molecule has 8 heteroatoms. The second-order valence-electron chi connectivity index (χ2n) is 5.87. The Bertz CT molecular complexity index is 795. The van der Waals surface area contributed by atoms with Crippen molar-refractivity contribution in [3.8, 4) is 0 Å². The van der Waals surface area contributed by atoms with Gasteiger partial charge in [0.15, 0.2) is 0 Å². The van der Waals surface area contributed by atoms with Gasteiger partial charge in [-0.25, -0.2) is 9.97 Å². The molecule has 4 nitrogen and oxygen atoms in total. The lowest BCUT2D eigenvalue weighted by atomic mass is 10.0. The van der Waals surface area contributed by atoms with Gasteiger partial charge < -0.3 is 4.90 Å². The van der Waals surface area contributed by atoms with Crippen LogP contribution in [0.15, 0.2) is 30.7 Å². The number of fused-ring (bicyclic) bond motifs is 1. The van der Waals surface area contributed by atoms with Crippen LogP contribution in [0.2, 0.25) is 5.02 Å². The quantitative estimate of drug-likeness (QED) is 0.829. The maximum Gasteiger partial charge on any atom is 0.417 e. The summed E-state index contributed by atoms with van der Waals surface area (Å²) in [5.41, 5.74) is 1.41. The van der Waals surface area contributed by atoms with E-state index in [-0.39, 0.29) is 23.8 Å². The molecule has 0 radical (unpaired) electrons. The third kappa shape index (κ3) is 4.10. The Balaban J connectivity index is 1.64. The highest BCUT2D eigenvalue weighted by molar-refractivity contribution is 6.31. The van der Waals surface area contributed by atoms with Crippen molar-refractivity contribution in [2.45, 2.75) is 32.0 Å². The Morgan fingerprint density at radius 2 is 2.12 bits per heavy atom. The molecular weight excluding hydrogens is 355 g/mol. The van der Waals surface area contributed by atoms with Gasteiger partial charge in [-0.1, -0.05) is 17.7 Å². The van der Waals surface area contributed by atoms with Gasteiger partial charge in [-0.15, -0.1) is 0 Å². The van der Waals surface area contributed by atoms with Crippen molar-refractivity contribution in [1.29, 1.82) is 0 Å². The maximum absolute atomic E-state index is 12.9. The zero-order chi connectivity index (χ0) is 18.0. The van der Waals surface area contributed by atoms with Crippen molar-refractivity contribution in [2.24, 2.45) is 0 Å². The van der Waals surface area contributed by atoms with Gasteiger partial charge in [0.2, 0.25) is 5.91 Å². The molecule has 0 saturated heterocycles. The fraction of sp³-hybridized carbons (Fsp3) is 0.353. The van der Waals surface area contributed by atoms with E-state index in [9.17, 15) is 18.0 Å². The predicted octanol–water partition coefficient (Wildman–Crippen LogP) is 3.67. The lowest BCUT2D eigenvalue weighted by molar-refractivity contribution is -0.137. The first kappa shape index (κ1) is 17.7. The molecule has 2 heterocycles. The van der Waals surface area contributed by atoms with Crippen LogP contribution in [0.5, 0.6) is 0 Å². The monoisotopic (exact) mass is 369 g/mol. The van der Waals surface area contributed by atoms with Gasteiger partial charge in [0, 0.05) is 37.7 Å². The fourth-order valence-corrected chi connectivity index (χ4v) is 3.06. The zero-order valence-electron chi connectivity index (χ0n) is 13.2. The van der Waals surface area contributed by atoms with Gasteiger partial charge >= 0.3 is 6.18 Å². The van der Waals surface area contributed by atoms with Crippen LogP contribution in [0.4, 0.5) is 13.2 Å². The molecule has 3 rings (SSSR count). The normalized spacial score (nSPS) is 14.3. The van der Waals surface area contributed by atoms with Crippen LogP contribution in [-0.2, 0) is 30.4 Å². The van der Waals surface area contributed by atoms with Crippen LogP contribution < -0.4 is 0 Å². The minimum atomic E-state index is -4.51. The van der Waals surface area contributed by atoms with E-state index in [0.717, 1.165) is 17.3 Å². The Hall–Kier alpha value is -2.15. The topological polar surface area (TPSA) is 46.1 Å². The highest BCUT2D eigenvalue weighted by atomic mass is 35.5. The van der Waals surface area contributed by atoms with Crippen LogP contribution in [0.1, 0.15) is 28.8 Å². The SMILES string of the molecule is O=C(CCc1ccc(Cl)c(C(F)(F)F)c1)N1CCc2ncncc2C1. The summed E-state index contributed by atoms with van der Waals surface area (Å²) in [6.45, 7) is 0.987. The first-order valence-electron chi connectivity index (χ1n) is 7.76. The average molecular weight is 370 g/mol. The molecule has 0 saturated carbocycles. The van der Waals surface area contributed by atoms with E-state index in [1.807, 2.05) is 0 Å². The number of aryl methyl sites for hydroxylation is 1. The molecule has 1 aromatic carbocycles. The average Bonchev–Trinajstić information content (AvgIpc) is 2.59. The number of hydrogen-bond acceptors (Lipinski definition) is 3. The van der Waals surface area contributed by atoms with E-state index in [2.05, 4.69) is 9.97 Å². The Morgan fingerprint density at radius 3 is 2.88 bits per heavy atom. The van der Waals surface area contributed by atoms with Crippen molar-refractivity contribution in [1.82, 2.24) is 14.9 Å². The van der Waals surface area contributed by atoms with Gasteiger partial charge in [-0.2, -0.15) is 13.2 Å². The van der Waals surface area contributed by atoms with E-state index >= 15 is 0 Å². The Labute approximate surface area is 147 Å². The summed E-state index contributed by atoms with van der Waals surface area (Å²) in [7, 11) is 0. The molecule has 1 aliphatic heterocycles. The van der Waals surface area contributed by atoms with Crippen molar-refractivity contribution in [3.63, 3.8) is 0 Å². The smallest absolute Gasteiger partial charge is 0.338 e. The number of amides is 1. The van der Waals surface area contributed by atoms with Crippen molar-refractivity contribution in [2.75, 3.05) is 6.54 Å². The Morgan fingerprint density at radius 1 is 1.32 bits per heavy atom. The number of benzene rings is 1. The number of carbonyl (C=O) groups is 1. The fourth-order valence-electron chi connectivity index (χ4n) is 2.83. The molecule has 0 fully saturated rings. The van der Waals surface area contributed by atoms with Crippen molar-refractivity contribution >= 4 is 17.5 Å². The standard InChI is InChI=1S/C17H15ClF3N3O/c18-14-3-1-11(7-13(14)17(19,20)21)2-4-16(25)24-6-5-15-12(9-24)8-22-10-23-15/h1,3,7-8,10H,2,4-6,9H2. The predicted molar refractivity (Wildman–Crippen MR) is 85.9 cm³/mol. The molecule has 0 atom stereocenters. The highest BCUT2D eigenvalue weighted by Crippen LogP contribution is 2.35. The van der Waals surface area contributed by atoms with E-state index in [0.29, 0.717) is 25.1 Å². The van der Waals surface area contributed by atoms with Gasteiger partial charge in [0.05, 0.1) is 16.3 Å². The summed E-state index contributed by atoms with van der Waals surface area (Å²) in [6.07, 6.45) is -0.308. The summed E-state index contributed by atoms with van der Waals surface area (Å²) < 4.78 is 38.7. The second-order valence-corrected chi connectivity index (χ2v) is 6.28. The van der Waals surface area contributed by atoms with Crippen molar-refractivity contribution < 1.29 is 18.0 Å². The van der Waals surface area contributed by atoms with Gasteiger partial charge in [0.25, 0.3) is 0 Å². The van der Waals surface area contributed by atoms with Gasteiger partial charge in [0.1, 0.15) is 6.33 Å². The largest absolute Gasteiger partial charge is 0.417 e. The molecule has 1 aliphatic rings. The summed E-state index contributed by atoms with van der Waals surface area (Å²) in [6, 6.07) is 3.75. The number of alkyl halides is 3. The number of carbonyl (C=O) groups excluding carboxylic acids is 1. The molecule has 0 unspecified atom stereocenters. The summed E-state index contributed by atoms with van der Waals surface area (Å²) >= 11 is 5.61. The molecule has 0 spiro atoms. The molecular formula is C17H15ClF3N3O. The lowest BCUT2D eigenvalue weighted by Gasteiger charge is -2.28. The van der Waals surface area contributed by atoms with Gasteiger partial charge in [-0.05, 0) is 24.1 Å². The van der Waals surface area contributed by atoms with E-state index in [1.165, 1.54) is 18.5 Å². The molecule has 0 N–H and O–H groups in total. The van der Waals surface area contributed by atoms with E-state index in [4.69, 9.17) is 11.6 Å².